The average Bonchev–Trinajstić information content (AvgIpc) is 2.07. The van der Waals surface area contributed by atoms with Crippen molar-refractivity contribution in [1.82, 2.24) is 9.78 Å². The molecule has 0 unspecified atom stereocenters. The van der Waals surface area contributed by atoms with Gasteiger partial charge in [0, 0.05) is 24.7 Å². The highest BCUT2D eigenvalue weighted by Crippen LogP contribution is 2.24. The van der Waals surface area contributed by atoms with E-state index in [0.29, 0.717) is 0 Å². The molecule has 0 saturated carbocycles. The molecule has 8 heteroatoms. The van der Waals surface area contributed by atoms with Crippen molar-refractivity contribution in [2.75, 3.05) is 5.73 Å². The molecule has 2 N–H and O–H groups in total. The van der Waals surface area contributed by atoms with E-state index in [1.807, 2.05) is 0 Å². The van der Waals surface area contributed by atoms with Crippen LogP contribution < -0.4 is 10.5 Å². The van der Waals surface area contributed by atoms with E-state index in [2.05, 4.69) is 21.4 Å². The number of aromatic nitrogens is 2. The van der Waals surface area contributed by atoms with Gasteiger partial charge in [-0.2, -0.15) is 0 Å². The van der Waals surface area contributed by atoms with Crippen LogP contribution >= 0.6 is 24.0 Å². The Bertz CT molecular complexity index is 266. The van der Waals surface area contributed by atoms with Crippen LogP contribution in [0.25, 0.3) is 0 Å². The number of alkyl halides is 3. The molecular weight excluding hydrogens is 227 g/mol. The maximum absolute atomic E-state index is 12.0. The summed E-state index contributed by atoms with van der Waals surface area (Å²) in [6.07, 6.45) is 0. The van der Waals surface area contributed by atoms with E-state index in [-0.39, 0.29) is 24.1 Å². The smallest absolute Gasteiger partial charge is 0.400 e. The summed E-state index contributed by atoms with van der Waals surface area (Å²) in [5.41, 5.74) is 1.54. The zero-order valence-corrected chi connectivity index (χ0v) is 8.07. The summed E-state index contributed by atoms with van der Waals surface area (Å²) in [5, 5.41) is 3.50. The largest absolute Gasteiger partial charge is 0.488 e. The summed E-state index contributed by atoms with van der Waals surface area (Å²) >= 11 is 4.48. The van der Waals surface area contributed by atoms with Gasteiger partial charge in [-0.15, -0.1) is 26.3 Å². The molecule has 1 heterocycles. The van der Waals surface area contributed by atoms with Gasteiger partial charge < -0.3 is 10.5 Å². The van der Waals surface area contributed by atoms with Crippen molar-refractivity contribution in [2.24, 2.45) is 7.05 Å². The average molecular weight is 234 g/mol. The Morgan fingerprint density at radius 1 is 1.69 bits per heavy atom. The number of nitrogens with zero attached hydrogens (tertiary/aromatic N) is 2. The predicted molar refractivity (Wildman–Crippen MR) is 46.3 cm³/mol. The lowest BCUT2D eigenvalue weighted by atomic mass is 10.6. The molecule has 1 rings (SSSR count). The predicted octanol–water partition coefficient (Wildman–Crippen LogP) is 1.59. The van der Waals surface area contributed by atoms with E-state index >= 15 is 0 Å². The van der Waals surface area contributed by atoms with Gasteiger partial charge >= 0.3 is 5.57 Å². The first-order valence-electron chi connectivity index (χ1n) is 2.94. The highest BCUT2D eigenvalue weighted by molar-refractivity contribution is 6.20. The van der Waals surface area contributed by atoms with E-state index in [9.17, 15) is 8.78 Å². The fourth-order valence-electron chi connectivity index (χ4n) is 0.623. The highest BCUT2D eigenvalue weighted by atomic mass is 35.5. The van der Waals surface area contributed by atoms with Gasteiger partial charge in [-0.3, -0.25) is 0 Å². The first kappa shape index (κ1) is 12.2. The molecule has 0 aromatic carbocycles. The van der Waals surface area contributed by atoms with Crippen molar-refractivity contribution < 1.29 is 13.5 Å². The summed E-state index contributed by atoms with van der Waals surface area (Å²) in [4.78, 5) is 0. The molecule has 0 bridgehead atoms. The Hall–Kier alpha value is -0.750. The molecule has 76 valence electrons. The lowest BCUT2D eigenvalue weighted by Crippen LogP contribution is -2.16. The third kappa shape index (κ3) is 3.65. The van der Waals surface area contributed by atoms with Crippen molar-refractivity contribution in [3.05, 3.63) is 6.07 Å². The number of nitrogen functional groups attached to an aromatic ring is 1. The summed E-state index contributed by atoms with van der Waals surface area (Å²) in [6.45, 7) is 0. The first-order valence-corrected chi connectivity index (χ1v) is 3.31. The molecule has 0 radical (unpaired) electrons. The van der Waals surface area contributed by atoms with Gasteiger partial charge in [-0.05, 0) is 0 Å². The van der Waals surface area contributed by atoms with Gasteiger partial charge in [0.1, 0.15) is 5.82 Å². The van der Waals surface area contributed by atoms with Gasteiger partial charge in [0.25, 0.3) is 0 Å². The summed E-state index contributed by atoms with van der Waals surface area (Å²) < 4.78 is 29.1. The molecule has 0 saturated heterocycles. The third-order valence-electron chi connectivity index (χ3n) is 1.11. The van der Waals surface area contributed by atoms with Gasteiger partial charge in [0.2, 0.25) is 5.88 Å². The zero-order chi connectivity index (χ0) is 9.35. The van der Waals surface area contributed by atoms with E-state index in [4.69, 9.17) is 5.73 Å². The van der Waals surface area contributed by atoms with Gasteiger partial charge in [0.15, 0.2) is 0 Å². The van der Waals surface area contributed by atoms with Gasteiger partial charge in [-0.1, -0.05) is 0 Å². The molecule has 1 aromatic rings. The maximum atomic E-state index is 12.0. The fourth-order valence-corrected chi connectivity index (χ4v) is 0.702. The normalized spacial score (nSPS) is 10.8. The van der Waals surface area contributed by atoms with Crippen molar-refractivity contribution in [3.8, 4) is 5.88 Å². The van der Waals surface area contributed by atoms with Crippen LogP contribution in [0.3, 0.4) is 0 Å². The van der Waals surface area contributed by atoms with E-state index < -0.39 is 5.57 Å². The van der Waals surface area contributed by atoms with Crippen LogP contribution in [0.1, 0.15) is 0 Å². The second-order valence-corrected chi connectivity index (χ2v) is 2.52. The number of halogens is 4. The topological polar surface area (TPSA) is 53.1 Å². The summed E-state index contributed by atoms with van der Waals surface area (Å²) in [5.74, 6) is -0.0964. The zero-order valence-electron chi connectivity index (χ0n) is 6.50. The molecule has 0 atom stereocenters. The summed E-state index contributed by atoms with van der Waals surface area (Å²) in [6, 6.07) is 1.15. The number of rotatable bonds is 2. The molecular formula is C5H7Cl2F2N3O. The summed E-state index contributed by atoms with van der Waals surface area (Å²) in [7, 11) is 1.49. The fraction of sp³-hybridized carbons (Fsp3) is 0.400. The Labute approximate surface area is 84.0 Å². The number of anilines is 1. The Balaban J connectivity index is 0.00000144. The molecule has 0 aliphatic rings. The van der Waals surface area contributed by atoms with E-state index in [1.54, 1.807) is 0 Å². The molecule has 0 aliphatic carbocycles. The number of hydrogen-bond acceptors (Lipinski definition) is 3. The van der Waals surface area contributed by atoms with Crippen LogP contribution in [-0.4, -0.2) is 15.3 Å². The number of nitrogens with two attached hydrogens (primary N) is 1. The van der Waals surface area contributed by atoms with E-state index in [0.717, 1.165) is 6.07 Å². The minimum absolute atomic E-state index is 0. The maximum Gasteiger partial charge on any atom is 0.488 e. The quantitative estimate of drug-likeness (QED) is 0.790. The molecule has 0 aliphatic heterocycles. The number of aryl methyl sites for hydroxylation is 1. The number of ether oxygens (including phenoxy) is 1. The minimum Gasteiger partial charge on any atom is -0.400 e. The molecule has 0 amide bonds. The van der Waals surface area contributed by atoms with Crippen molar-refractivity contribution >= 4 is 29.8 Å². The monoisotopic (exact) mass is 233 g/mol. The SMILES string of the molecule is Cl.Cn1nc(OC(F)(F)Cl)cc1N. The molecule has 0 fully saturated rings. The second-order valence-electron chi connectivity index (χ2n) is 2.08. The van der Waals surface area contributed by atoms with Gasteiger partial charge in [0.05, 0.1) is 0 Å². The van der Waals surface area contributed by atoms with Crippen LogP contribution in [0, 0.1) is 0 Å². The molecule has 0 spiro atoms. The van der Waals surface area contributed by atoms with Crippen LogP contribution in [0.4, 0.5) is 14.6 Å². The number of hydrogen-bond donors (Lipinski definition) is 1. The Morgan fingerprint density at radius 2 is 2.23 bits per heavy atom. The van der Waals surface area contributed by atoms with Gasteiger partial charge in [-0.25, -0.2) is 4.68 Å². The van der Waals surface area contributed by atoms with Crippen molar-refractivity contribution in [2.45, 2.75) is 5.57 Å². The Kier molecular flexibility index (Phi) is 3.74. The highest BCUT2D eigenvalue weighted by Gasteiger charge is 2.28. The standard InChI is InChI=1S/C5H6ClF2N3O.ClH/c1-11-3(9)2-4(10-11)12-5(6,7)8;/h2H,9H2,1H3;1H. The second kappa shape index (κ2) is 3.97. The van der Waals surface area contributed by atoms with Crippen molar-refractivity contribution in [1.29, 1.82) is 0 Å². The lowest BCUT2D eigenvalue weighted by Gasteiger charge is -2.05. The van der Waals surface area contributed by atoms with Crippen LogP contribution in [0.2, 0.25) is 0 Å². The van der Waals surface area contributed by atoms with Crippen LogP contribution in [-0.2, 0) is 7.05 Å². The molecule has 4 nitrogen and oxygen atoms in total. The molecule has 1 aromatic heterocycles. The van der Waals surface area contributed by atoms with Crippen molar-refractivity contribution in [3.63, 3.8) is 0 Å². The lowest BCUT2D eigenvalue weighted by molar-refractivity contribution is -0.0993. The Morgan fingerprint density at radius 3 is 2.54 bits per heavy atom. The van der Waals surface area contributed by atoms with E-state index in [1.165, 1.54) is 11.7 Å². The first-order chi connectivity index (χ1) is 5.38. The third-order valence-corrected chi connectivity index (χ3v) is 1.19. The van der Waals surface area contributed by atoms with Crippen LogP contribution in [0.15, 0.2) is 6.07 Å². The molecule has 13 heavy (non-hydrogen) atoms. The van der Waals surface area contributed by atoms with Crippen LogP contribution in [0.5, 0.6) is 5.88 Å². The minimum atomic E-state index is -3.75.